The van der Waals surface area contributed by atoms with E-state index in [4.69, 9.17) is 0 Å². The lowest BCUT2D eigenvalue weighted by Gasteiger charge is -2.32. The Balaban J connectivity index is 1.90. The molecule has 21 heavy (non-hydrogen) atoms. The molecule has 2 aliphatic rings. The summed E-state index contributed by atoms with van der Waals surface area (Å²) in [6.45, 7) is 0.478. The summed E-state index contributed by atoms with van der Waals surface area (Å²) in [4.78, 5) is 16.9. The number of pyridine rings is 1. The van der Waals surface area contributed by atoms with Crippen LogP contribution in [0.2, 0.25) is 0 Å². The largest absolute Gasteiger partial charge is 0.315 e. The molecule has 1 saturated heterocycles. The first-order valence-electron chi connectivity index (χ1n) is 6.90. The first kappa shape index (κ1) is 14.1. The van der Waals surface area contributed by atoms with E-state index < -0.39 is 18.4 Å². The number of carbonyl (C=O) groups is 1. The van der Waals surface area contributed by atoms with Gasteiger partial charge < -0.3 is 5.32 Å². The smallest absolute Gasteiger partial charge is 0.258 e. The first-order chi connectivity index (χ1) is 10.1. The van der Waals surface area contributed by atoms with Crippen molar-refractivity contribution in [2.75, 3.05) is 19.6 Å². The third kappa shape index (κ3) is 2.53. The lowest BCUT2D eigenvalue weighted by molar-refractivity contribution is -0.138. The zero-order valence-electron chi connectivity index (χ0n) is 11.4. The lowest BCUT2D eigenvalue weighted by Crippen LogP contribution is -2.53. The van der Waals surface area contributed by atoms with Gasteiger partial charge in [-0.2, -0.15) is 5.10 Å². The number of hydrogen-bond acceptors (Lipinski definition) is 4. The van der Waals surface area contributed by atoms with Gasteiger partial charge in [-0.15, -0.1) is 0 Å². The predicted molar refractivity (Wildman–Crippen MR) is 73.0 cm³/mol. The van der Waals surface area contributed by atoms with Crippen LogP contribution in [-0.4, -0.2) is 47.7 Å². The van der Waals surface area contributed by atoms with E-state index in [0.717, 1.165) is 10.7 Å². The molecular weight excluding hydrogens is 278 g/mol. The molecule has 5 nitrogen and oxygen atoms in total. The molecule has 1 aromatic rings. The van der Waals surface area contributed by atoms with E-state index in [9.17, 15) is 13.6 Å². The Labute approximate surface area is 121 Å². The van der Waals surface area contributed by atoms with Crippen molar-refractivity contribution in [1.29, 1.82) is 0 Å². The molecule has 0 saturated carbocycles. The Kier molecular flexibility index (Phi) is 3.67. The number of halogens is 2. The number of alkyl halides is 2. The van der Waals surface area contributed by atoms with Gasteiger partial charge in [0.1, 0.15) is 12.0 Å². The zero-order chi connectivity index (χ0) is 14.9. The molecule has 0 unspecified atom stereocenters. The van der Waals surface area contributed by atoms with Gasteiger partial charge >= 0.3 is 0 Å². The fraction of sp³-hybridized carbons (Fsp3) is 0.500. The van der Waals surface area contributed by atoms with Gasteiger partial charge in [0.25, 0.3) is 12.3 Å². The second-order valence-electron chi connectivity index (χ2n) is 5.33. The van der Waals surface area contributed by atoms with Crippen LogP contribution < -0.4 is 5.32 Å². The van der Waals surface area contributed by atoms with E-state index in [0.29, 0.717) is 31.6 Å². The molecule has 3 rings (SSSR count). The Bertz CT molecular complexity index is 563. The third-order valence-corrected chi connectivity index (χ3v) is 3.92. The fourth-order valence-corrected chi connectivity index (χ4v) is 2.94. The lowest BCUT2D eigenvalue weighted by atomic mass is 9.75. The van der Waals surface area contributed by atoms with Crippen LogP contribution >= 0.6 is 0 Å². The van der Waals surface area contributed by atoms with Crippen molar-refractivity contribution in [1.82, 2.24) is 15.3 Å². The number of nitrogens with zero attached hydrogens (tertiary/aromatic N) is 3. The highest BCUT2D eigenvalue weighted by Crippen LogP contribution is 2.35. The Morgan fingerprint density at radius 2 is 2.29 bits per heavy atom. The van der Waals surface area contributed by atoms with Crippen molar-refractivity contribution < 1.29 is 13.6 Å². The average molecular weight is 294 g/mol. The van der Waals surface area contributed by atoms with E-state index in [1.165, 1.54) is 0 Å². The molecule has 1 atom stereocenters. The van der Waals surface area contributed by atoms with Crippen molar-refractivity contribution in [3.05, 3.63) is 30.1 Å². The fourth-order valence-electron chi connectivity index (χ4n) is 2.94. The van der Waals surface area contributed by atoms with Crippen LogP contribution in [0.5, 0.6) is 0 Å². The second-order valence-corrected chi connectivity index (χ2v) is 5.33. The van der Waals surface area contributed by atoms with Gasteiger partial charge in [0, 0.05) is 37.8 Å². The Hall–Kier alpha value is -1.89. The van der Waals surface area contributed by atoms with Crippen molar-refractivity contribution in [3.63, 3.8) is 0 Å². The van der Waals surface area contributed by atoms with Crippen LogP contribution in [0.1, 0.15) is 12.1 Å². The number of carbonyl (C=O) groups excluding carboxylic acids is 1. The van der Waals surface area contributed by atoms with Gasteiger partial charge in [-0.1, -0.05) is 6.07 Å². The molecule has 1 aromatic heterocycles. The van der Waals surface area contributed by atoms with Crippen LogP contribution in [0.15, 0.2) is 29.5 Å². The molecule has 3 heterocycles. The Morgan fingerprint density at radius 1 is 1.43 bits per heavy atom. The van der Waals surface area contributed by atoms with E-state index >= 15 is 0 Å². The molecule has 1 amide bonds. The van der Waals surface area contributed by atoms with E-state index in [1.54, 1.807) is 12.3 Å². The highest BCUT2D eigenvalue weighted by Gasteiger charge is 2.52. The van der Waals surface area contributed by atoms with Crippen LogP contribution in [0.25, 0.3) is 0 Å². The predicted octanol–water partition coefficient (Wildman–Crippen LogP) is 1.07. The molecule has 1 N–H and O–H groups in total. The highest BCUT2D eigenvalue weighted by atomic mass is 19.3. The van der Waals surface area contributed by atoms with Gasteiger partial charge in [0.05, 0.1) is 5.71 Å². The number of hydrogen-bond donors (Lipinski definition) is 1. The maximum atomic E-state index is 12.6. The molecule has 7 heteroatoms. The summed E-state index contributed by atoms with van der Waals surface area (Å²) in [5.74, 6) is -0.351. The summed E-state index contributed by atoms with van der Waals surface area (Å²) >= 11 is 0. The van der Waals surface area contributed by atoms with Gasteiger partial charge in [-0.3, -0.25) is 9.78 Å². The molecule has 112 valence electrons. The minimum absolute atomic E-state index is 0.351. The van der Waals surface area contributed by atoms with Crippen LogP contribution in [0, 0.1) is 5.41 Å². The number of hydrazone groups is 1. The standard InChI is InChI=1S/C14H16F2N4O/c15-12(16)8-20-13(21)14(7-10-3-1-2-5-18-10)9-17-6-4-11(14)19-20/h1-3,5,12,17H,4,6-9H2/t14-/m1/s1. The third-order valence-electron chi connectivity index (χ3n) is 3.92. The van der Waals surface area contributed by atoms with Gasteiger partial charge in [-0.25, -0.2) is 13.8 Å². The topological polar surface area (TPSA) is 57.6 Å². The molecule has 0 radical (unpaired) electrons. The summed E-state index contributed by atoms with van der Waals surface area (Å²) < 4.78 is 25.2. The number of piperidine rings is 1. The van der Waals surface area contributed by atoms with Crippen LogP contribution in [0.3, 0.4) is 0 Å². The second kappa shape index (κ2) is 5.48. The van der Waals surface area contributed by atoms with Crippen LogP contribution in [0.4, 0.5) is 8.78 Å². The molecule has 0 bridgehead atoms. The minimum atomic E-state index is -2.58. The van der Waals surface area contributed by atoms with Crippen molar-refractivity contribution >= 4 is 11.6 Å². The maximum Gasteiger partial charge on any atom is 0.258 e. The van der Waals surface area contributed by atoms with Gasteiger partial charge in [-0.05, 0) is 12.1 Å². The minimum Gasteiger partial charge on any atom is -0.315 e. The SMILES string of the molecule is O=C1N(CC(F)F)N=C2CCNC[C@@]12Cc1ccccn1. The molecule has 0 spiro atoms. The summed E-state index contributed by atoms with van der Waals surface area (Å²) in [6, 6.07) is 5.49. The average Bonchev–Trinajstić information content (AvgIpc) is 2.73. The van der Waals surface area contributed by atoms with Crippen molar-refractivity contribution in [2.24, 2.45) is 10.5 Å². The van der Waals surface area contributed by atoms with Gasteiger partial charge in [0.2, 0.25) is 0 Å². The van der Waals surface area contributed by atoms with Crippen LogP contribution in [-0.2, 0) is 11.2 Å². The number of nitrogens with one attached hydrogen (secondary N) is 1. The van der Waals surface area contributed by atoms with Crippen molar-refractivity contribution in [2.45, 2.75) is 19.3 Å². The summed E-state index contributed by atoms with van der Waals surface area (Å²) in [6.07, 6.45) is 0.0599. The van der Waals surface area contributed by atoms with Crippen molar-refractivity contribution in [3.8, 4) is 0 Å². The molecule has 0 aliphatic carbocycles. The summed E-state index contributed by atoms with van der Waals surface area (Å²) in [5, 5.41) is 8.26. The van der Waals surface area contributed by atoms with E-state index in [2.05, 4.69) is 15.4 Å². The van der Waals surface area contributed by atoms with Gasteiger partial charge in [0.15, 0.2) is 0 Å². The zero-order valence-corrected chi connectivity index (χ0v) is 11.4. The monoisotopic (exact) mass is 294 g/mol. The first-order valence-corrected chi connectivity index (χ1v) is 6.90. The number of fused-ring (bicyclic) bond motifs is 1. The normalized spacial score (nSPS) is 25.2. The number of aromatic nitrogens is 1. The number of rotatable bonds is 4. The molecule has 2 aliphatic heterocycles. The Morgan fingerprint density at radius 3 is 3.00 bits per heavy atom. The summed E-state index contributed by atoms with van der Waals surface area (Å²) in [5.41, 5.74) is 0.598. The maximum absolute atomic E-state index is 12.6. The van der Waals surface area contributed by atoms with E-state index in [1.807, 2.05) is 12.1 Å². The summed E-state index contributed by atoms with van der Waals surface area (Å²) in [7, 11) is 0. The van der Waals surface area contributed by atoms with E-state index in [-0.39, 0.29) is 5.91 Å². The highest BCUT2D eigenvalue weighted by molar-refractivity contribution is 6.13. The quantitative estimate of drug-likeness (QED) is 0.903. The molecular formula is C14H16F2N4O. The molecule has 1 fully saturated rings. The molecule has 0 aromatic carbocycles. The number of amides is 1.